The van der Waals surface area contributed by atoms with Crippen LogP contribution in [0, 0.1) is 24.2 Å². The zero-order valence-electron chi connectivity index (χ0n) is 16.8. The number of anilines is 1. The second-order valence-corrected chi connectivity index (χ2v) is 8.60. The van der Waals surface area contributed by atoms with E-state index in [0.29, 0.717) is 0 Å². The summed E-state index contributed by atoms with van der Waals surface area (Å²) in [6.07, 6.45) is 5.67. The molecule has 1 N–H and O–H groups in total. The Bertz CT molecular complexity index is 701. The molecule has 2 aliphatic rings. The summed E-state index contributed by atoms with van der Waals surface area (Å²) in [5.41, 5.74) is 2.56. The molecule has 5 nitrogen and oxygen atoms in total. The highest BCUT2D eigenvalue weighted by Gasteiger charge is 2.24. The van der Waals surface area contributed by atoms with Gasteiger partial charge in [0, 0.05) is 42.9 Å². The lowest BCUT2D eigenvalue weighted by molar-refractivity contribution is -0.121. The summed E-state index contributed by atoms with van der Waals surface area (Å²) >= 11 is 6.18. The summed E-state index contributed by atoms with van der Waals surface area (Å²) in [6, 6.07) is 8.32. The highest BCUT2D eigenvalue weighted by Crippen LogP contribution is 2.28. The molecule has 1 amide bonds. The largest absolute Gasteiger partial charge is 0.369 e. The molecular formula is C22H31ClN4O. The van der Waals surface area contributed by atoms with Crippen LogP contribution in [0.15, 0.2) is 18.2 Å². The van der Waals surface area contributed by atoms with Crippen LogP contribution >= 0.6 is 11.6 Å². The van der Waals surface area contributed by atoms with Gasteiger partial charge in [-0.15, -0.1) is 0 Å². The van der Waals surface area contributed by atoms with Gasteiger partial charge in [-0.25, -0.2) is 0 Å². The van der Waals surface area contributed by atoms with E-state index in [1.165, 1.54) is 37.1 Å². The number of amides is 1. The Hall–Kier alpha value is -1.77. The minimum atomic E-state index is -0.126. The maximum atomic E-state index is 11.5. The second-order valence-electron chi connectivity index (χ2n) is 8.17. The number of carbonyl (C=O) groups is 1. The first-order valence-electron chi connectivity index (χ1n) is 10.4. The van der Waals surface area contributed by atoms with Crippen LogP contribution in [-0.4, -0.2) is 49.6 Å². The number of nitrogens with one attached hydrogen (secondary N) is 1. The van der Waals surface area contributed by atoms with Gasteiger partial charge < -0.3 is 10.2 Å². The van der Waals surface area contributed by atoms with Gasteiger partial charge in [0.05, 0.1) is 6.07 Å². The number of piperazine rings is 1. The van der Waals surface area contributed by atoms with Gasteiger partial charge in [0.2, 0.25) is 5.91 Å². The number of hydrogen-bond acceptors (Lipinski definition) is 4. The molecule has 0 unspecified atom stereocenters. The van der Waals surface area contributed by atoms with Crippen LogP contribution in [0.2, 0.25) is 5.02 Å². The highest BCUT2D eigenvalue weighted by atomic mass is 35.5. The van der Waals surface area contributed by atoms with Crippen molar-refractivity contribution in [3.63, 3.8) is 0 Å². The Morgan fingerprint density at radius 1 is 1.21 bits per heavy atom. The van der Waals surface area contributed by atoms with Gasteiger partial charge in [0.1, 0.15) is 6.42 Å². The third kappa shape index (κ3) is 5.86. The fraction of sp³-hybridized carbons (Fsp3) is 0.636. The fourth-order valence-electron chi connectivity index (χ4n) is 4.45. The van der Waals surface area contributed by atoms with Gasteiger partial charge in [-0.3, -0.25) is 9.69 Å². The zero-order valence-corrected chi connectivity index (χ0v) is 17.5. The van der Waals surface area contributed by atoms with Gasteiger partial charge in [0.15, 0.2) is 0 Å². The Kier molecular flexibility index (Phi) is 7.58. The lowest BCUT2D eigenvalue weighted by Gasteiger charge is -2.38. The molecule has 0 atom stereocenters. The number of hydrogen-bond donors (Lipinski definition) is 1. The van der Waals surface area contributed by atoms with E-state index in [4.69, 9.17) is 16.9 Å². The number of nitrogens with zero attached hydrogens (tertiary/aromatic N) is 3. The highest BCUT2D eigenvalue weighted by molar-refractivity contribution is 6.30. The van der Waals surface area contributed by atoms with E-state index >= 15 is 0 Å². The van der Waals surface area contributed by atoms with Crippen LogP contribution in [0.3, 0.4) is 0 Å². The standard InChI is InChI=1S/C22H31ClN4O/c1-17-2-5-19(23)16-21(17)27-14-12-26(13-15-27)11-9-18-3-6-20(7-4-18)25-22(28)8-10-24/h2,5,16,18,20H,3-4,6-9,11-15H2,1H3,(H,25,28). The summed E-state index contributed by atoms with van der Waals surface area (Å²) in [6.45, 7) is 7.63. The number of rotatable bonds is 6. The van der Waals surface area contributed by atoms with Crippen LogP contribution in [-0.2, 0) is 4.79 Å². The average Bonchev–Trinajstić information content (AvgIpc) is 2.70. The SMILES string of the molecule is Cc1ccc(Cl)cc1N1CCN(CCC2CCC(NC(=O)CC#N)CC2)CC1. The van der Waals surface area contributed by atoms with Gasteiger partial charge in [-0.2, -0.15) is 5.26 Å². The van der Waals surface area contributed by atoms with Gasteiger partial charge in [-0.1, -0.05) is 17.7 Å². The third-order valence-electron chi connectivity index (χ3n) is 6.19. The van der Waals surface area contributed by atoms with Crippen molar-refractivity contribution >= 4 is 23.2 Å². The second kappa shape index (κ2) is 10.1. The van der Waals surface area contributed by atoms with Crippen molar-refractivity contribution in [1.29, 1.82) is 5.26 Å². The molecule has 2 fully saturated rings. The molecule has 1 aromatic carbocycles. The minimum absolute atomic E-state index is 0.0272. The molecule has 0 spiro atoms. The number of benzene rings is 1. The average molecular weight is 403 g/mol. The Morgan fingerprint density at radius 2 is 1.93 bits per heavy atom. The predicted molar refractivity (Wildman–Crippen MR) is 114 cm³/mol. The molecule has 1 saturated heterocycles. The smallest absolute Gasteiger partial charge is 0.234 e. The zero-order chi connectivity index (χ0) is 19.9. The molecule has 152 valence electrons. The number of carbonyl (C=O) groups excluding carboxylic acids is 1. The van der Waals surface area contributed by atoms with Crippen molar-refractivity contribution in [3.05, 3.63) is 28.8 Å². The van der Waals surface area contributed by atoms with E-state index in [9.17, 15) is 4.79 Å². The van der Waals surface area contributed by atoms with Crippen molar-refractivity contribution in [2.24, 2.45) is 5.92 Å². The third-order valence-corrected chi connectivity index (χ3v) is 6.42. The van der Waals surface area contributed by atoms with Crippen molar-refractivity contribution in [2.75, 3.05) is 37.6 Å². The maximum Gasteiger partial charge on any atom is 0.234 e. The van der Waals surface area contributed by atoms with Crippen LogP contribution in [0.4, 0.5) is 5.69 Å². The molecule has 3 rings (SSSR count). The molecule has 28 heavy (non-hydrogen) atoms. The van der Waals surface area contributed by atoms with Crippen LogP contribution in [0.25, 0.3) is 0 Å². The lowest BCUT2D eigenvalue weighted by Crippen LogP contribution is -2.47. The fourth-order valence-corrected chi connectivity index (χ4v) is 4.61. The summed E-state index contributed by atoms with van der Waals surface area (Å²) in [5, 5.41) is 12.4. The Morgan fingerprint density at radius 3 is 2.61 bits per heavy atom. The van der Waals surface area contributed by atoms with Crippen molar-refractivity contribution in [1.82, 2.24) is 10.2 Å². The van der Waals surface area contributed by atoms with Gasteiger partial charge >= 0.3 is 0 Å². The summed E-state index contributed by atoms with van der Waals surface area (Å²) in [4.78, 5) is 16.6. The first kappa shape index (κ1) is 21.0. The van der Waals surface area contributed by atoms with E-state index in [-0.39, 0.29) is 18.4 Å². The van der Waals surface area contributed by atoms with E-state index < -0.39 is 0 Å². The molecule has 1 aliphatic heterocycles. The monoisotopic (exact) mass is 402 g/mol. The molecule has 0 aromatic heterocycles. The van der Waals surface area contributed by atoms with Crippen LogP contribution < -0.4 is 10.2 Å². The Labute approximate surface area is 173 Å². The van der Waals surface area contributed by atoms with E-state index in [1.54, 1.807) is 0 Å². The van der Waals surface area contributed by atoms with Gasteiger partial charge in [0.25, 0.3) is 0 Å². The number of aryl methyl sites for hydroxylation is 1. The minimum Gasteiger partial charge on any atom is -0.369 e. The Balaban J connectivity index is 1.36. The van der Waals surface area contributed by atoms with Crippen molar-refractivity contribution < 1.29 is 4.79 Å². The molecular weight excluding hydrogens is 372 g/mol. The molecule has 1 saturated carbocycles. The number of nitriles is 1. The number of halogens is 1. The summed E-state index contributed by atoms with van der Waals surface area (Å²) in [5.74, 6) is 0.635. The van der Waals surface area contributed by atoms with E-state index in [0.717, 1.165) is 50.0 Å². The molecule has 1 heterocycles. The first-order chi connectivity index (χ1) is 13.5. The summed E-state index contributed by atoms with van der Waals surface area (Å²) < 4.78 is 0. The molecule has 6 heteroatoms. The van der Waals surface area contributed by atoms with Crippen molar-refractivity contribution in [2.45, 2.75) is 51.5 Å². The van der Waals surface area contributed by atoms with Gasteiger partial charge in [-0.05, 0) is 69.2 Å². The van der Waals surface area contributed by atoms with E-state index in [1.807, 2.05) is 12.1 Å². The van der Waals surface area contributed by atoms with Crippen LogP contribution in [0.5, 0.6) is 0 Å². The first-order valence-corrected chi connectivity index (χ1v) is 10.8. The molecule has 0 bridgehead atoms. The molecule has 1 aliphatic carbocycles. The quantitative estimate of drug-likeness (QED) is 0.787. The molecule has 1 aromatic rings. The van der Waals surface area contributed by atoms with Crippen LogP contribution in [0.1, 0.15) is 44.1 Å². The maximum absolute atomic E-state index is 11.5. The predicted octanol–water partition coefficient (Wildman–Crippen LogP) is 3.75. The van der Waals surface area contributed by atoms with Crippen molar-refractivity contribution in [3.8, 4) is 6.07 Å². The summed E-state index contributed by atoms with van der Waals surface area (Å²) in [7, 11) is 0. The molecule has 0 radical (unpaired) electrons. The normalized spacial score (nSPS) is 23.2. The topological polar surface area (TPSA) is 59.4 Å². The van der Waals surface area contributed by atoms with E-state index in [2.05, 4.69) is 34.2 Å². The lowest BCUT2D eigenvalue weighted by atomic mass is 9.84.